The molecular weight excluding hydrogens is 470 g/mol. The molecule has 1 unspecified atom stereocenters. The van der Waals surface area contributed by atoms with Gasteiger partial charge in [-0.15, -0.1) is 11.3 Å². The molecule has 3 saturated heterocycles. The SMILES string of the molecule is CC.Cc1ccccc1C(OC(=O)O[C@H]1C[N+]2(CC(=O)c3cccs3)CCC1CC2)c1ccccc1. The van der Waals surface area contributed by atoms with Crippen molar-refractivity contribution in [3.8, 4) is 0 Å². The Kier molecular flexibility index (Phi) is 8.60. The highest BCUT2D eigenvalue weighted by molar-refractivity contribution is 7.12. The zero-order valence-corrected chi connectivity index (χ0v) is 22.2. The number of fused-ring (bicyclic) bond motifs is 3. The average Bonchev–Trinajstić information content (AvgIpc) is 3.46. The maximum atomic E-state index is 13.1. The lowest BCUT2D eigenvalue weighted by Crippen LogP contribution is -2.65. The predicted molar refractivity (Wildman–Crippen MR) is 143 cm³/mol. The molecule has 3 fully saturated rings. The second kappa shape index (κ2) is 11.8. The molecule has 1 aromatic heterocycles. The first-order valence-corrected chi connectivity index (χ1v) is 13.8. The van der Waals surface area contributed by atoms with Gasteiger partial charge in [-0.05, 0) is 29.5 Å². The Morgan fingerprint density at radius 3 is 2.33 bits per heavy atom. The number of rotatable bonds is 7. The highest BCUT2D eigenvalue weighted by Crippen LogP contribution is 2.37. The molecule has 4 heterocycles. The Balaban J connectivity index is 0.00000148. The molecule has 2 bridgehead atoms. The summed E-state index contributed by atoms with van der Waals surface area (Å²) in [6.45, 7) is 9.10. The molecule has 6 rings (SSSR count). The second-order valence-electron chi connectivity index (χ2n) is 9.54. The van der Waals surface area contributed by atoms with Crippen LogP contribution in [0.1, 0.15) is 59.2 Å². The molecule has 0 saturated carbocycles. The Labute approximate surface area is 218 Å². The van der Waals surface area contributed by atoms with Gasteiger partial charge in [0.25, 0.3) is 0 Å². The lowest BCUT2D eigenvalue weighted by atomic mass is 9.83. The maximum absolute atomic E-state index is 13.1. The first-order valence-electron chi connectivity index (χ1n) is 12.9. The van der Waals surface area contributed by atoms with E-state index in [1.54, 1.807) is 0 Å². The fourth-order valence-corrected chi connectivity index (χ4v) is 6.12. The van der Waals surface area contributed by atoms with Gasteiger partial charge in [-0.3, -0.25) is 4.79 Å². The summed E-state index contributed by atoms with van der Waals surface area (Å²) >= 11 is 1.49. The predicted octanol–water partition coefficient (Wildman–Crippen LogP) is 6.82. The third-order valence-electron chi connectivity index (χ3n) is 7.35. The van der Waals surface area contributed by atoms with Crippen LogP contribution in [0.3, 0.4) is 0 Å². The van der Waals surface area contributed by atoms with Crippen molar-refractivity contribution in [1.82, 2.24) is 0 Å². The van der Waals surface area contributed by atoms with Gasteiger partial charge in [-0.1, -0.05) is 74.5 Å². The minimum atomic E-state index is -0.640. The largest absolute Gasteiger partial charge is 0.509 e. The average molecular weight is 507 g/mol. The van der Waals surface area contributed by atoms with Gasteiger partial charge >= 0.3 is 6.16 Å². The van der Waals surface area contributed by atoms with Gasteiger partial charge in [0, 0.05) is 24.3 Å². The Morgan fingerprint density at radius 1 is 0.972 bits per heavy atom. The van der Waals surface area contributed by atoms with Gasteiger partial charge < -0.3 is 14.0 Å². The van der Waals surface area contributed by atoms with E-state index in [1.807, 2.05) is 92.9 Å². The molecule has 0 N–H and O–H groups in total. The van der Waals surface area contributed by atoms with Crippen LogP contribution >= 0.6 is 11.3 Å². The quantitative estimate of drug-likeness (QED) is 0.200. The van der Waals surface area contributed by atoms with Crippen molar-refractivity contribution in [2.45, 2.75) is 45.8 Å². The summed E-state index contributed by atoms with van der Waals surface area (Å²) in [5, 5.41) is 1.94. The zero-order chi connectivity index (χ0) is 25.5. The van der Waals surface area contributed by atoms with Crippen molar-refractivity contribution in [3.63, 3.8) is 0 Å². The van der Waals surface area contributed by atoms with Crippen LogP contribution in [0.25, 0.3) is 0 Å². The van der Waals surface area contributed by atoms with Crippen LogP contribution in [-0.2, 0) is 9.47 Å². The van der Waals surface area contributed by atoms with Gasteiger partial charge in [0.05, 0.1) is 18.0 Å². The van der Waals surface area contributed by atoms with Crippen LogP contribution in [-0.4, -0.2) is 48.7 Å². The fourth-order valence-electron chi connectivity index (χ4n) is 5.46. The number of hydrogen-bond acceptors (Lipinski definition) is 5. The first-order chi connectivity index (χ1) is 17.5. The smallest absolute Gasteiger partial charge is 0.425 e. The van der Waals surface area contributed by atoms with Crippen LogP contribution in [0, 0.1) is 12.8 Å². The Bertz CT molecular complexity index is 1140. The van der Waals surface area contributed by atoms with E-state index in [-0.39, 0.29) is 11.9 Å². The number of piperidine rings is 3. The molecule has 5 nitrogen and oxygen atoms in total. The third-order valence-corrected chi connectivity index (χ3v) is 8.26. The highest BCUT2D eigenvalue weighted by Gasteiger charge is 2.49. The van der Waals surface area contributed by atoms with Crippen molar-refractivity contribution in [2.24, 2.45) is 5.92 Å². The van der Waals surface area contributed by atoms with Crippen molar-refractivity contribution in [1.29, 1.82) is 0 Å². The van der Waals surface area contributed by atoms with E-state index in [2.05, 4.69) is 0 Å². The van der Waals surface area contributed by atoms with E-state index in [0.29, 0.717) is 23.5 Å². The Morgan fingerprint density at radius 2 is 1.67 bits per heavy atom. The van der Waals surface area contributed by atoms with Crippen molar-refractivity contribution in [2.75, 3.05) is 26.2 Å². The minimum absolute atomic E-state index is 0.181. The molecule has 6 heteroatoms. The van der Waals surface area contributed by atoms with Gasteiger partial charge in [0.1, 0.15) is 13.1 Å². The summed E-state index contributed by atoms with van der Waals surface area (Å²) in [5.41, 5.74) is 2.92. The van der Waals surface area contributed by atoms with E-state index in [4.69, 9.17) is 9.47 Å². The number of carbonyl (C=O) groups is 2. The van der Waals surface area contributed by atoms with Gasteiger partial charge in [0.15, 0.2) is 12.2 Å². The lowest BCUT2D eigenvalue weighted by molar-refractivity contribution is -0.938. The normalized spacial score (nSPS) is 23.2. The molecule has 36 heavy (non-hydrogen) atoms. The topological polar surface area (TPSA) is 52.6 Å². The van der Waals surface area contributed by atoms with Crippen molar-refractivity contribution in [3.05, 3.63) is 93.7 Å². The highest BCUT2D eigenvalue weighted by atomic mass is 32.1. The number of ether oxygens (including phenoxy) is 2. The molecule has 0 aliphatic carbocycles. The lowest BCUT2D eigenvalue weighted by Gasteiger charge is -2.51. The number of thiophene rings is 1. The van der Waals surface area contributed by atoms with Gasteiger partial charge in [-0.25, -0.2) is 4.79 Å². The molecule has 0 spiro atoms. The Hall–Kier alpha value is -2.96. The number of hydrogen-bond donors (Lipinski definition) is 0. The van der Waals surface area contributed by atoms with Crippen molar-refractivity contribution < 1.29 is 23.5 Å². The van der Waals surface area contributed by atoms with Crippen LogP contribution in [0.15, 0.2) is 72.1 Å². The molecule has 2 aromatic carbocycles. The minimum Gasteiger partial charge on any atom is -0.425 e. The van der Waals surface area contributed by atoms with E-state index < -0.39 is 12.3 Å². The summed E-state index contributed by atoms with van der Waals surface area (Å²) in [5.74, 6) is 0.512. The standard InChI is InChI=1S/C28H30NO4S.C2H6/c1-20-8-5-6-11-23(20)27(22-9-3-2-4-10-22)33-28(31)32-25-19-29(15-13-21(25)14-16-29)18-24(30)26-12-7-17-34-26;1-2/h2-12,17,21,25,27H,13-16,18-19H2,1H3;1-2H3/q+1;/t21?,25-,27?,29?;/m0./s1. The fraction of sp³-hybridized carbons (Fsp3) is 0.400. The molecule has 0 radical (unpaired) electrons. The third kappa shape index (κ3) is 5.88. The summed E-state index contributed by atoms with van der Waals surface area (Å²) < 4.78 is 12.6. The maximum Gasteiger partial charge on any atom is 0.509 e. The van der Waals surface area contributed by atoms with Crippen LogP contribution < -0.4 is 0 Å². The van der Waals surface area contributed by atoms with E-state index >= 15 is 0 Å². The zero-order valence-electron chi connectivity index (χ0n) is 21.4. The summed E-state index contributed by atoms with van der Waals surface area (Å²) in [7, 11) is 0. The van der Waals surface area contributed by atoms with Crippen LogP contribution in [0.4, 0.5) is 4.79 Å². The molecule has 190 valence electrons. The molecule has 0 amide bonds. The number of Topliss-reactive ketones (excluding diaryl/α,β-unsaturated/α-hetero) is 1. The molecule has 3 aliphatic heterocycles. The number of ketones is 1. The monoisotopic (exact) mass is 506 g/mol. The van der Waals surface area contributed by atoms with E-state index in [9.17, 15) is 9.59 Å². The van der Waals surface area contributed by atoms with E-state index in [1.165, 1.54) is 11.3 Å². The number of nitrogens with zero attached hydrogens (tertiary/aromatic N) is 1. The van der Waals surface area contributed by atoms with Crippen molar-refractivity contribution >= 4 is 23.3 Å². The summed E-state index contributed by atoms with van der Waals surface area (Å²) in [6.07, 6.45) is 0.545. The molecule has 3 aliphatic rings. The van der Waals surface area contributed by atoms with E-state index in [0.717, 1.165) is 47.5 Å². The molecule has 3 aromatic rings. The summed E-state index contributed by atoms with van der Waals surface area (Å²) in [6, 6.07) is 21.5. The number of benzene rings is 2. The van der Waals surface area contributed by atoms with Gasteiger partial charge in [-0.2, -0.15) is 0 Å². The number of quaternary nitrogens is 1. The molecule has 2 atom stereocenters. The number of aryl methyl sites for hydroxylation is 1. The number of carbonyl (C=O) groups excluding carboxylic acids is 2. The second-order valence-corrected chi connectivity index (χ2v) is 10.5. The van der Waals surface area contributed by atoms with Gasteiger partial charge in [0.2, 0.25) is 5.78 Å². The van der Waals surface area contributed by atoms with Crippen LogP contribution in [0.5, 0.6) is 0 Å². The first kappa shape index (κ1) is 26.1. The molecular formula is C30H36NO4S+. The van der Waals surface area contributed by atoms with Crippen LogP contribution in [0.2, 0.25) is 0 Å². The summed E-state index contributed by atoms with van der Waals surface area (Å²) in [4.78, 5) is 26.7.